The first kappa shape index (κ1) is 11.4. The van der Waals surface area contributed by atoms with Crippen molar-refractivity contribution >= 4 is 0 Å². The Morgan fingerprint density at radius 1 is 1.50 bits per heavy atom. The smallest absolute Gasteiger partial charge is 0.323 e. The molecule has 2 rings (SSSR count). The summed E-state index contributed by atoms with van der Waals surface area (Å²) in [5.74, 6) is 0. The maximum atomic E-state index is 12.5. The van der Waals surface area contributed by atoms with Crippen molar-refractivity contribution < 1.29 is 13.2 Å². The first-order valence-corrected chi connectivity index (χ1v) is 5.32. The fourth-order valence-electron chi connectivity index (χ4n) is 1.81. The number of nitrogens with zero attached hydrogens (tertiary/aromatic N) is 2. The van der Waals surface area contributed by atoms with Gasteiger partial charge in [0.2, 0.25) is 0 Å². The standard InChI is InChI=1S/C10H14F3N3/c1-6(14)8-5-9(10(11,12)13)15-16(8)7-3-2-4-7/h5-7H,2-4,14H2,1H3. The van der Waals surface area contributed by atoms with Crippen LogP contribution in [0.5, 0.6) is 0 Å². The highest BCUT2D eigenvalue weighted by Crippen LogP contribution is 2.36. The van der Waals surface area contributed by atoms with Crippen LogP contribution in [0, 0.1) is 0 Å². The lowest BCUT2D eigenvalue weighted by atomic mass is 9.93. The number of hydrogen-bond acceptors (Lipinski definition) is 2. The highest BCUT2D eigenvalue weighted by Gasteiger charge is 2.36. The summed E-state index contributed by atoms with van der Waals surface area (Å²) >= 11 is 0. The number of halogens is 3. The molecule has 3 nitrogen and oxygen atoms in total. The lowest BCUT2D eigenvalue weighted by Gasteiger charge is -2.28. The largest absolute Gasteiger partial charge is 0.435 e. The summed E-state index contributed by atoms with van der Waals surface area (Å²) in [6.45, 7) is 1.67. The highest BCUT2D eigenvalue weighted by molar-refractivity contribution is 5.17. The van der Waals surface area contributed by atoms with Gasteiger partial charge in [0, 0.05) is 6.04 Å². The zero-order chi connectivity index (χ0) is 11.9. The summed E-state index contributed by atoms with van der Waals surface area (Å²) < 4.78 is 39.0. The molecule has 1 aliphatic rings. The highest BCUT2D eigenvalue weighted by atomic mass is 19.4. The van der Waals surface area contributed by atoms with E-state index in [1.807, 2.05) is 0 Å². The number of rotatable bonds is 2. The van der Waals surface area contributed by atoms with Crippen LogP contribution in [-0.2, 0) is 6.18 Å². The normalized spacial score (nSPS) is 19.6. The van der Waals surface area contributed by atoms with Crippen molar-refractivity contribution in [3.63, 3.8) is 0 Å². The number of nitrogens with two attached hydrogens (primary N) is 1. The van der Waals surface area contributed by atoms with E-state index in [2.05, 4.69) is 5.10 Å². The molecule has 1 aromatic rings. The molecule has 1 heterocycles. The van der Waals surface area contributed by atoms with E-state index < -0.39 is 17.9 Å². The Labute approximate surface area is 91.4 Å². The van der Waals surface area contributed by atoms with Crippen molar-refractivity contribution in [1.82, 2.24) is 9.78 Å². The van der Waals surface area contributed by atoms with Crippen LogP contribution in [0.4, 0.5) is 13.2 Å². The lowest BCUT2D eigenvalue weighted by molar-refractivity contribution is -0.141. The van der Waals surface area contributed by atoms with Crippen LogP contribution in [0.15, 0.2) is 6.07 Å². The molecular formula is C10H14F3N3. The van der Waals surface area contributed by atoms with E-state index in [0.29, 0.717) is 5.69 Å². The van der Waals surface area contributed by atoms with Crippen molar-refractivity contribution in [3.8, 4) is 0 Å². The van der Waals surface area contributed by atoms with Crippen LogP contribution in [0.3, 0.4) is 0 Å². The maximum Gasteiger partial charge on any atom is 0.435 e. The van der Waals surface area contributed by atoms with Gasteiger partial charge in [-0.15, -0.1) is 0 Å². The van der Waals surface area contributed by atoms with Gasteiger partial charge in [0.05, 0.1) is 11.7 Å². The molecule has 0 radical (unpaired) electrons. The molecule has 2 N–H and O–H groups in total. The van der Waals surface area contributed by atoms with Crippen molar-refractivity contribution in [2.75, 3.05) is 0 Å². The van der Waals surface area contributed by atoms with Gasteiger partial charge < -0.3 is 5.73 Å². The van der Waals surface area contributed by atoms with Crippen molar-refractivity contribution in [2.45, 2.75) is 44.4 Å². The minimum Gasteiger partial charge on any atom is -0.323 e. The van der Waals surface area contributed by atoms with Gasteiger partial charge in [-0.2, -0.15) is 18.3 Å². The van der Waals surface area contributed by atoms with Crippen molar-refractivity contribution in [3.05, 3.63) is 17.5 Å². The summed E-state index contributed by atoms with van der Waals surface area (Å²) in [6.07, 6.45) is -1.57. The molecule has 1 aromatic heterocycles. The Morgan fingerprint density at radius 2 is 2.12 bits per heavy atom. The number of aromatic nitrogens is 2. The third kappa shape index (κ3) is 1.93. The van der Waals surface area contributed by atoms with Crippen LogP contribution < -0.4 is 5.73 Å². The van der Waals surface area contributed by atoms with Crippen molar-refractivity contribution in [2.24, 2.45) is 5.73 Å². The molecule has 1 fully saturated rings. The monoisotopic (exact) mass is 233 g/mol. The van der Waals surface area contributed by atoms with Gasteiger partial charge >= 0.3 is 6.18 Å². The molecule has 16 heavy (non-hydrogen) atoms. The van der Waals surface area contributed by atoms with Gasteiger partial charge in [-0.3, -0.25) is 4.68 Å². The topological polar surface area (TPSA) is 43.8 Å². The Kier molecular flexibility index (Phi) is 2.69. The molecule has 0 saturated heterocycles. The lowest BCUT2D eigenvalue weighted by Crippen LogP contribution is -2.23. The molecule has 0 bridgehead atoms. The second-order valence-electron chi connectivity index (χ2n) is 4.27. The van der Waals surface area contributed by atoms with Crippen LogP contribution in [0.1, 0.15) is 49.7 Å². The van der Waals surface area contributed by atoms with E-state index in [4.69, 9.17) is 5.73 Å². The summed E-state index contributed by atoms with van der Waals surface area (Å²) in [5.41, 5.74) is 5.29. The fraction of sp³-hybridized carbons (Fsp3) is 0.700. The second kappa shape index (κ2) is 3.76. The first-order valence-electron chi connectivity index (χ1n) is 5.32. The van der Waals surface area contributed by atoms with Gasteiger partial charge in [-0.05, 0) is 32.3 Å². The van der Waals surface area contributed by atoms with E-state index >= 15 is 0 Å². The minimum atomic E-state index is -4.39. The van der Waals surface area contributed by atoms with Crippen LogP contribution in [0.25, 0.3) is 0 Å². The Balaban J connectivity index is 2.37. The fourth-order valence-corrected chi connectivity index (χ4v) is 1.81. The SMILES string of the molecule is CC(N)c1cc(C(F)(F)F)nn1C1CCC1. The Bertz CT molecular complexity index is 377. The van der Waals surface area contributed by atoms with E-state index in [9.17, 15) is 13.2 Å². The van der Waals surface area contributed by atoms with E-state index in [1.165, 1.54) is 4.68 Å². The Hall–Kier alpha value is -1.04. The van der Waals surface area contributed by atoms with Gasteiger partial charge in [0.25, 0.3) is 0 Å². The maximum absolute atomic E-state index is 12.5. The molecule has 1 atom stereocenters. The van der Waals surface area contributed by atoms with Gasteiger partial charge in [-0.1, -0.05) is 0 Å². The van der Waals surface area contributed by atoms with Crippen LogP contribution >= 0.6 is 0 Å². The number of alkyl halides is 3. The molecule has 1 saturated carbocycles. The molecule has 0 aromatic carbocycles. The second-order valence-corrected chi connectivity index (χ2v) is 4.27. The average molecular weight is 233 g/mol. The first-order chi connectivity index (χ1) is 7.39. The molecule has 0 amide bonds. The Morgan fingerprint density at radius 3 is 2.50 bits per heavy atom. The average Bonchev–Trinajstić information content (AvgIpc) is 2.44. The predicted octanol–water partition coefficient (Wildman–Crippen LogP) is 2.65. The van der Waals surface area contributed by atoms with Crippen LogP contribution in [0.2, 0.25) is 0 Å². The summed E-state index contributed by atoms with van der Waals surface area (Å²) in [6, 6.07) is 0.726. The van der Waals surface area contributed by atoms with Gasteiger partial charge in [-0.25, -0.2) is 0 Å². The molecule has 6 heteroatoms. The molecule has 1 unspecified atom stereocenters. The molecule has 1 aliphatic carbocycles. The van der Waals surface area contributed by atoms with Gasteiger partial charge in [0.15, 0.2) is 5.69 Å². The molecular weight excluding hydrogens is 219 g/mol. The van der Waals surface area contributed by atoms with E-state index in [-0.39, 0.29) is 6.04 Å². The van der Waals surface area contributed by atoms with Crippen molar-refractivity contribution in [1.29, 1.82) is 0 Å². The minimum absolute atomic E-state index is 0.0945. The molecule has 0 spiro atoms. The number of hydrogen-bond donors (Lipinski definition) is 1. The van der Waals surface area contributed by atoms with E-state index in [1.54, 1.807) is 6.92 Å². The predicted molar refractivity (Wildman–Crippen MR) is 52.7 cm³/mol. The summed E-state index contributed by atoms with van der Waals surface area (Å²) in [5, 5.41) is 3.64. The van der Waals surface area contributed by atoms with Crippen LogP contribution in [-0.4, -0.2) is 9.78 Å². The third-order valence-corrected chi connectivity index (χ3v) is 2.94. The van der Waals surface area contributed by atoms with Gasteiger partial charge in [0.1, 0.15) is 0 Å². The van der Waals surface area contributed by atoms with E-state index in [0.717, 1.165) is 25.3 Å². The third-order valence-electron chi connectivity index (χ3n) is 2.94. The molecule has 0 aliphatic heterocycles. The quantitative estimate of drug-likeness (QED) is 0.853. The summed E-state index contributed by atoms with van der Waals surface area (Å²) in [4.78, 5) is 0. The molecule has 90 valence electrons. The zero-order valence-corrected chi connectivity index (χ0v) is 8.96. The summed E-state index contributed by atoms with van der Waals surface area (Å²) in [7, 11) is 0. The zero-order valence-electron chi connectivity index (χ0n) is 8.96.